The lowest BCUT2D eigenvalue weighted by molar-refractivity contribution is -0.125. The number of amides is 4. The first-order chi connectivity index (χ1) is 14.3. The number of nitrogens with zero attached hydrogens (tertiary/aromatic N) is 2. The topological polar surface area (TPSA) is 113 Å². The van der Waals surface area contributed by atoms with Gasteiger partial charge in [0, 0.05) is 24.6 Å². The molecule has 10 heteroatoms. The van der Waals surface area contributed by atoms with Crippen LogP contribution in [-0.2, 0) is 14.4 Å². The maximum Gasteiger partial charge on any atom is 0.293 e. The number of halogens is 1. The molecule has 2 fully saturated rings. The number of primary amides is 1. The maximum absolute atomic E-state index is 13.8. The fourth-order valence-corrected chi connectivity index (χ4v) is 4.22. The molecule has 0 aromatic heterocycles. The van der Waals surface area contributed by atoms with E-state index in [1.807, 2.05) is 4.90 Å². The minimum Gasteiger partial charge on any atom is -0.369 e. The summed E-state index contributed by atoms with van der Waals surface area (Å²) in [6, 6.07) is 5.99. The molecule has 8 nitrogen and oxygen atoms in total. The molecule has 3 rings (SSSR count). The van der Waals surface area contributed by atoms with E-state index in [0.29, 0.717) is 25.9 Å². The van der Waals surface area contributed by atoms with E-state index in [-0.39, 0.29) is 47.8 Å². The van der Waals surface area contributed by atoms with Gasteiger partial charge in [0.1, 0.15) is 5.82 Å². The molecule has 2 aliphatic rings. The molecule has 2 saturated heterocycles. The van der Waals surface area contributed by atoms with Crippen molar-refractivity contribution in [1.82, 2.24) is 15.1 Å². The number of hydrogen-bond donors (Lipinski definition) is 2. The lowest BCUT2D eigenvalue weighted by Crippen LogP contribution is -2.45. The van der Waals surface area contributed by atoms with E-state index in [4.69, 9.17) is 5.73 Å². The highest BCUT2D eigenvalue weighted by atomic mass is 32.2. The SMILES string of the molecule is NC(=O)C1CCN(CC(=O)NCCN2C(=O)S/C(=C\c3ccccc3F)C2=O)CC1. The van der Waals surface area contributed by atoms with Crippen molar-refractivity contribution in [3.63, 3.8) is 0 Å². The number of benzene rings is 1. The highest BCUT2D eigenvalue weighted by molar-refractivity contribution is 8.18. The summed E-state index contributed by atoms with van der Waals surface area (Å²) in [5, 5.41) is 2.25. The molecule has 0 atom stereocenters. The maximum atomic E-state index is 13.8. The highest BCUT2D eigenvalue weighted by Crippen LogP contribution is 2.32. The van der Waals surface area contributed by atoms with Crippen LogP contribution in [0.25, 0.3) is 6.08 Å². The lowest BCUT2D eigenvalue weighted by Gasteiger charge is -2.29. The summed E-state index contributed by atoms with van der Waals surface area (Å²) in [4.78, 5) is 51.0. The Labute approximate surface area is 177 Å². The molecule has 0 bridgehead atoms. The van der Waals surface area contributed by atoms with Gasteiger partial charge in [-0.25, -0.2) is 4.39 Å². The average Bonchev–Trinajstić information content (AvgIpc) is 2.97. The molecule has 0 unspecified atom stereocenters. The van der Waals surface area contributed by atoms with E-state index < -0.39 is 17.0 Å². The molecule has 0 radical (unpaired) electrons. The molecule has 0 aliphatic carbocycles. The number of rotatable bonds is 7. The first-order valence-electron chi connectivity index (χ1n) is 9.63. The van der Waals surface area contributed by atoms with E-state index in [1.165, 1.54) is 18.2 Å². The number of likely N-dealkylation sites (tertiary alicyclic amines) is 1. The molecule has 3 N–H and O–H groups in total. The van der Waals surface area contributed by atoms with Gasteiger partial charge in [-0.1, -0.05) is 18.2 Å². The molecule has 1 aromatic rings. The first kappa shape index (κ1) is 22.0. The van der Waals surface area contributed by atoms with Crippen molar-refractivity contribution in [1.29, 1.82) is 0 Å². The third kappa shape index (κ3) is 5.45. The van der Waals surface area contributed by atoms with Gasteiger partial charge in [0.2, 0.25) is 11.8 Å². The van der Waals surface area contributed by atoms with Crippen molar-refractivity contribution < 1.29 is 23.6 Å². The Morgan fingerprint density at radius 3 is 2.60 bits per heavy atom. The van der Waals surface area contributed by atoms with Gasteiger partial charge >= 0.3 is 0 Å². The van der Waals surface area contributed by atoms with E-state index in [2.05, 4.69) is 5.32 Å². The van der Waals surface area contributed by atoms with Gasteiger partial charge in [0.25, 0.3) is 11.1 Å². The monoisotopic (exact) mass is 434 g/mol. The summed E-state index contributed by atoms with van der Waals surface area (Å²) in [6.45, 7) is 1.58. The molecule has 2 heterocycles. The molecule has 2 aliphatic heterocycles. The number of nitrogens with two attached hydrogens (primary N) is 1. The zero-order valence-corrected chi connectivity index (χ0v) is 17.1. The third-order valence-corrected chi connectivity index (χ3v) is 5.99. The molecule has 30 heavy (non-hydrogen) atoms. The fraction of sp³-hybridized carbons (Fsp3) is 0.400. The minimum atomic E-state index is -0.504. The van der Waals surface area contributed by atoms with Gasteiger partial charge in [-0.05, 0) is 49.8 Å². The van der Waals surface area contributed by atoms with Crippen LogP contribution in [0.15, 0.2) is 29.2 Å². The summed E-state index contributed by atoms with van der Waals surface area (Å²) in [6.07, 6.45) is 2.62. The van der Waals surface area contributed by atoms with Crippen molar-refractivity contribution in [3.8, 4) is 0 Å². The third-order valence-electron chi connectivity index (χ3n) is 5.08. The van der Waals surface area contributed by atoms with E-state index >= 15 is 0 Å². The Hall–Kier alpha value is -2.72. The lowest BCUT2D eigenvalue weighted by atomic mass is 9.96. The van der Waals surface area contributed by atoms with Crippen LogP contribution in [0.2, 0.25) is 0 Å². The van der Waals surface area contributed by atoms with Gasteiger partial charge in [-0.2, -0.15) is 0 Å². The predicted molar refractivity (Wildman–Crippen MR) is 110 cm³/mol. The smallest absolute Gasteiger partial charge is 0.293 e. The first-order valence-corrected chi connectivity index (χ1v) is 10.4. The number of piperidine rings is 1. The van der Waals surface area contributed by atoms with Crippen molar-refractivity contribution in [3.05, 3.63) is 40.6 Å². The van der Waals surface area contributed by atoms with Crippen molar-refractivity contribution in [2.45, 2.75) is 12.8 Å². The van der Waals surface area contributed by atoms with Gasteiger partial charge in [0.15, 0.2) is 0 Å². The zero-order valence-electron chi connectivity index (χ0n) is 16.3. The second-order valence-electron chi connectivity index (χ2n) is 7.16. The Morgan fingerprint density at radius 2 is 1.93 bits per heavy atom. The average molecular weight is 434 g/mol. The quantitative estimate of drug-likeness (QED) is 0.623. The number of carbonyl (C=O) groups is 4. The molecular formula is C20H23FN4O4S. The number of hydrogen-bond acceptors (Lipinski definition) is 6. The number of thioether (sulfide) groups is 1. The predicted octanol–water partition coefficient (Wildman–Crippen LogP) is 1.18. The van der Waals surface area contributed by atoms with Gasteiger partial charge < -0.3 is 11.1 Å². The van der Waals surface area contributed by atoms with Crippen molar-refractivity contribution in [2.75, 3.05) is 32.7 Å². The van der Waals surface area contributed by atoms with Crippen LogP contribution in [0, 0.1) is 11.7 Å². The van der Waals surface area contributed by atoms with Gasteiger partial charge in [-0.3, -0.25) is 29.0 Å². The summed E-state index contributed by atoms with van der Waals surface area (Å²) in [5.41, 5.74) is 5.53. The normalized spacial score (nSPS) is 19.5. The minimum absolute atomic E-state index is 0.0365. The molecule has 160 valence electrons. The second-order valence-corrected chi connectivity index (χ2v) is 8.15. The largest absolute Gasteiger partial charge is 0.369 e. The number of imide groups is 1. The van der Waals surface area contributed by atoms with Crippen LogP contribution in [0.4, 0.5) is 9.18 Å². The summed E-state index contributed by atoms with van der Waals surface area (Å²) in [7, 11) is 0. The van der Waals surface area contributed by atoms with Crippen LogP contribution in [0.3, 0.4) is 0 Å². The molecule has 4 amide bonds. The molecule has 1 aromatic carbocycles. The summed E-state index contributed by atoms with van der Waals surface area (Å²) >= 11 is 0.748. The molecule has 0 saturated carbocycles. The summed E-state index contributed by atoms with van der Waals surface area (Å²) < 4.78 is 13.8. The second kappa shape index (κ2) is 9.86. The van der Waals surface area contributed by atoms with Crippen molar-refractivity contribution >= 4 is 40.8 Å². The number of nitrogens with one attached hydrogen (secondary N) is 1. The van der Waals surface area contributed by atoms with Gasteiger partial charge in [-0.15, -0.1) is 0 Å². The van der Waals surface area contributed by atoms with E-state index in [9.17, 15) is 23.6 Å². The van der Waals surface area contributed by atoms with Crippen LogP contribution in [0.5, 0.6) is 0 Å². The van der Waals surface area contributed by atoms with Crippen LogP contribution >= 0.6 is 11.8 Å². The van der Waals surface area contributed by atoms with Crippen LogP contribution in [0.1, 0.15) is 18.4 Å². The van der Waals surface area contributed by atoms with Crippen molar-refractivity contribution in [2.24, 2.45) is 11.7 Å². The number of carbonyl (C=O) groups excluding carboxylic acids is 4. The zero-order chi connectivity index (χ0) is 21.7. The van der Waals surface area contributed by atoms with E-state index in [1.54, 1.807) is 12.1 Å². The fourth-order valence-electron chi connectivity index (χ4n) is 3.37. The summed E-state index contributed by atoms with van der Waals surface area (Å²) in [5.74, 6) is -1.64. The molecular weight excluding hydrogens is 411 g/mol. The highest BCUT2D eigenvalue weighted by Gasteiger charge is 2.35. The van der Waals surface area contributed by atoms with Crippen LogP contribution < -0.4 is 11.1 Å². The van der Waals surface area contributed by atoms with Gasteiger partial charge in [0.05, 0.1) is 11.4 Å². The Morgan fingerprint density at radius 1 is 1.23 bits per heavy atom. The van der Waals surface area contributed by atoms with Crippen LogP contribution in [-0.4, -0.2) is 65.5 Å². The standard InChI is InChI=1S/C20H23FN4O4S/c21-15-4-2-1-3-14(15)11-16-19(28)25(20(29)30-16)10-7-23-17(26)12-24-8-5-13(6-9-24)18(22)27/h1-4,11,13H,5-10,12H2,(H2,22,27)(H,23,26)/b16-11-. The van der Waals surface area contributed by atoms with E-state index in [0.717, 1.165) is 16.7 Å². The Bertz CT molecular complexity index is 883. The molecule has 0 spiro atoms. The Kier molecular flexibility index (Phi) is 7.22. The Balaban J connectivity index is 1.45.